The molecular weight excluding hydrogens is 396 g/mol. The standard InChI is InChI=1S/C24H26N2O3S/c1-4-23(19-14-13-17(2)18(3)15-19)25-24(27)20-9-8-12-22(16-20)30(28,29)26-21-10-6-5-7-11-21/h5-16,23,26H,4H2,1-3H3,(H,25,27). The number of hydrogen-bond acceptors (Lipinski definition) is 3. The lowest BCUT2D eigenvalue weighted by molar-refractivity contribution is 0.0935. The van der Waals surface area contributed by atoms with Gasteiger partial charge in [-0.05, 0) is 67.3 Å². The predicted octanol–water partition coefficient (Wildman–Crippen LogP) is 4.99. The van der Waals surface area contributed by atoms with Gasteiger partial charge in [0.1, 0.15) is 0 Å². The molecule has 156 valence electrons. The van der Waals surface area contributed by atoms with Gasteiger partial charge >= 0.3 is 0 Å². The maximum Gasteiger partial charge on any atom is 0.261 e. The number of rotatable bonds is 7. The lowest BCUT2D eigenvalue weighted by atomic mass is 9.99. The Morgan fingerprint density at radius 2 is 1.63 bits per heavy atom. The molecule has 1 amide bonds. The highest BCUT2D eigenvalue weighted by Gasteiger charge is 2.19. The molecule has 0 heterocycles. The second kappa shape index (κ2) is 9.13. The van der Waals surface area contributed by atoms with Crippen LogP contribution in [0.2, 0.25) is 0 Å². The first-order valence-corrected chi connectivity index (χ1v) is 11.3. The van der Waals surface area contributed by atoms with Crippen molar-refractivity contribution in [2.24, 2.45) is 0 Å². The van der Waals surface area contributed by atoms with Gasteiger partial charge in [0, 0.05) is 11.3 Å². The van der Waals surface area contributed by atoms with Gasteiger partial charge in [-0.15, -0.1) is 0 Å². The van der Waals surface area contributed by atoms with Crippen molar-refractivity contribution < 1.29 is 13.2 Å². The minimum Gasteiger partial charge on any atom is -0.345 e. The smallest absolute Gasteiger partial charge is 0.261 e. The average Bonchev–Trinajstić information content (AvgIpc) is 2.74. The Labute approximate surface area is 178 Å². The van der Waals surface area contributed by atoms with Gasteiger partial charge in [-0.2, -0.15) is 0 Å². The van der Waals surface area contributed by atoms with Gasteiger partial charge < -0.3 is 5.32 Å². The van der Waals surface area contributed by atoms with E-state index in [1.54, 1.807) is 36.4 Å². The maximum atomic E-state index is 12.9. The van der Waals surface area contributed by atoms with Gasteiger partial charge in [0.05, 0.1) is 10.9 Å². The van der Waals surface area contributed by atoms with Crippen LogP contribution in [0.3, 0.4) is 0 Å². The quantitative estimate of drug-likeness (QED) is 0.563. The van der Waals surface area contributed by atoms with Gasteiger partial charge in [-0.3, -0.25) is 9.52 Å². The molecule has 0 aliphatic rings. The largest absolute Gasteiger partial charge is 0.345 e. The topological polar surface area (TPSA) is 75.3 Å². The van der Waals surface area contributed by atoms with Crippen LogP contribution in [0.25, 0.3) is 0 Å². The highest BCUT2D eigenvalue weighted by molar-refractivity contribution is 7.92. The van der Waals surface area contributed by atoms with E-state index in [4.69, 9.17) is 0 Å². The predicted molar refractivity (Wildman–Crippen MR) is 120 cm³/mol. The number of benzene rings is 3. The molecule has 0 spiro atoms. The fraction of sp³-hybridized carbons (Fsp3) is 0.208. The minimum atomic E-state index is -3.80. The summed E-state index contributed by atoms with van der Waals surface area (Å²) < 4.78 is 27.9. The number of carbonyl (C=O) groups excluding carboxylic acids is 1. The monoisotopic (exact) mass is 422 g/mol. The zero-order valence-corrected chi connectivity index (χ0v) is 18.2. The third kappa shape index (κ3) is 5.07. The molecule has 0 fully saturated rings. The first-order chi connectivity index (χ1) is 14.3. The van der Waals surface area contributed by atoms with Gasteiger partial charge in [-0.1, -0.05) is 49.4 Å². The highest BCUT2D eigenvalue weighted by atomic mass is 32.2. The second-order valence-electron chi connectivity index (χ2n) is 7.28. The molecule has 0 saturated heterocycles. The normalized spacial score (nSPS) is 12.2. The summed E-state index contributed by atoms with van der Waals surface area (Å²) in [6.45, 7) is 6.10. The van der Waals surface area contributed by atoms with E-state index >= 15 is 0 Å². The molecule has 1 atom stereocenters. The second-order valence-corrected chi connectivity index (χ2v) is 8.96. The molecule has 0 aromatic heterocycles. The number of hydrogen-bond donors (Lipinski definition) is 2. The first-order valence-electron chi connectivity index (χ1n) is 9.86. The minimum absolute atomic E-state index is 0.0400. The fourth-order valence-electron chi connectivity index (χ4n) is 3.17. The Morgan fingerprint density at radius 3 is 2.30 bits per heavy atom. The van der Waals surface area contributed by atoms with Gasteiger partial charge in [0.2, 0.25) is 0 Å². The molecule has 0 radical (unpaired) electrons. The van der Waals surface area contributed by atoms with Crippen molar-refractivity contribution >= 4 is 21.6 Å². The molecule has 0 aliphatic heterocycles. The lowest BCUT2D eigenvalue weighted by Gasteiger charge is -2.19. The van der Waals surface area contributed by atoms with Crippen molar-refractivity contribution in [3.63, 3.8) is 0 Å². The lowest BCUT2D eigenvalue weighted by Crippen LogP contribution is -2.28. The summed E-state index contributed by atoms with van der Waals surface area (Å²) in [5, 5.41) is 3.02. The van der Waals surface area contributed by atoms with Crippen molar-refractivity contribution in [2.75, 3.05) is 4.72 Å². The van der Waals surface area contributed by atoms with Crippen LogP contribution in [-0.2, 0) is 10.0 Å². The van der Waals surface area contributed by atoms with Crippen LogP contribution >= 0.6 is 0 Å². The fourth-order valence-corrected chi connectivity index (χ4v) is 4.27. The van der Waals surface area contributed by atoms with Crippen molar-refractivity contribution in [1.29, 1.82) is 0 Å². The molecule has 6 heteroatoms. The number of carbonyl (C=O) groups is 1. The number of amides is 1. The summed E-state index contributed by atoms with van der Waals surface area (Å²) in [5.74, 6) is -0.308. The van der Waals surface area contributed by atoms with Crippen LogP contribution in [-0.4, -0.2) is 14.3 Å². The number of anilines is 1. The van der Waals surface area contributed by atoms with E-state index in [-0.39, 0.29) is 16.8 Å². The maximum absolute atomic E-state index is 12.9. The Morgan fingerprint density at radius 1 is 0.900 bits per heavy atom. The Hall–Kier alpha value is -3.12. The summed E-state index contributed by atoms with van der Waals surface area (Å²) in [4.78, 5) is 12.9. The van der Waals surface area contributed by atoms with Crippen LogP contribution in [0.1, 0.15) is 46.4 Å². The van der Waals surface area contributed by atoms with Crippen LogP contribution in [0, 0.1) is 13.8 Å². The van der Waals surface area contributed by atoms with E-state index in [0.29, 0.717) is 11.3 Å². The van der Waals surface area contributed by atoms with Crippen LogP contribution in [0.5, 0.6) is 0 Å². The van der Waals surface area contributed by atoms with Crippen LogP contribution in [0.4, 0.5) is 5.69 Å². The van der Waals surface area contributed by atoms with Crippen molar-refractivity contribution in [3.05, 3.63) is 95.1 Å². The zero-order valence-electron chi connectivity index (χ0n) is 17.3. The molecule has 3 rings (SSSR count). The SMILES string of the molecule is CCC(NC(=O)c1cccc(S(=O)(=O)Nc2ccccc2)c1)c1ccc(C)c(C)c1. The molecule has 0 aliphatic carbocycles. The summed E-state index contributed by atoms with van der Waals surface area (Å²) in [5.41, 5.74) is 4.16. The first kappa shape index (κ1) is 21.6. The third-order valence-corrected chi connectivity index (χ3v) is 6.46. The Kier molecular flexibility index (Phi) is 6.57. The molecule has 3 aromatic rings. The summed E-state index contributed by atoms with van der Waals surface area (Å²) in [6.07, 6.45) is 0.724. The molecule has 3 aromatic carbocycles. The van der Waals surface area contributed by atoms with Crippen molar-refractivity contribution in [1.82, 2.24) is 5.32 Å². The van der Waals surface area contributed by atoms with Crippen molar-refractivity contribution in [2.45, 2.75) is 38.1 Å². The van der Waals surface area contributed by atoms with Crippen LogP contribution in [0.15, 0.2) is 77.7 Å². The molecule has 30 heavy (non-hydrogen) atoms. The average molecular weight is 423 g/mol. The Bertz CT molecular complexity index is 1140. The molecular formula is C24H26N2O3S. The van der Waals surface area contributed by atoms with E-state index < -0.39 is 10.0 Å². The highest BCUT2D eigenvalue weighted by Crippen LogP contribution is 2.21. The Balaban J connectivity index is 1.80. The summed E-state index contributed by atoms with van der Waals surface area (Å²) in [7, 11) is -3.80. The molecule has 5 nitrogen and oxygen atoms in total. The molecule has 0 bridgehead atoms. The zero-order chi connectivity index (χ0) is 21.7. The summed E-state index contributed by atoms with van der Waals surface area (Å²) in [6, 6.07) is 20.7. The number of sulfonamides is 1. The third-order valence-electron chi connectivity index (χ3n) is 5.08. The van der Waals surface area contributed by atoms with Gasteiger partial charge in [0.25, 0.3) is 15.9 Å². The van der Waals surface area contributed by atoms with E-state index in [9.17, 15) is 13.2 Å². The molecule has 1 unspecified atom stereocenters. The van der Waals surface area contributed by atoms with Crippen molar-refractivity contribution in [3.8, 4) is 0 Å². The number of para-hydroxylation sites is 1. The van der Waals surface area contributed by atoms with E-state index in [0.717, 1.165) is 12.0 Å². The van der Waals surface area contributed by atoms with Gasteiger partial charge in [-0.25, -0.2) is 8.42 Å². The molecule has 2 N–H and O–H groups in total. The van der Waals surface area contributed by atoms with E-state index in [1.165, 1.54) is 23.3 Å². The van der Waals surface area contributed by atoms with E-state index in [2.05, 4.69) is 16.1 Å². The van der Waals surface area contributed by atoms with Gasteiger partial charge in [0.15, 0.2) is 0 Å². The number of nitrogens with one attached hydrogen (secondary N) is 2. The molecule has 0 saturated carbocycles. The summed E-state index contributed by atoms with van der Waals surface area (Å²) >= 11 is 0. The van der Waals surface area contributed by atoms with E-state index in [1.807, 2.05) is 39.0 Å². The number of aryl methyl sites for hydroxylation is 2. The van der Waals surface area contributed by atoms with Crippen LogP contribution < -0.4 is 10.0 Å².